The SMILES string of the molecule is Cc1[nH]nc(NC(=O)c2c(Cl)cccc2[N+](=O)[O-])c1C. The van der Waals surface area contributed by atoms with E-state index in [0.717, 1.165) is 11.3 Å². The van der Waals surface area contributed by atoms with E-state index in [1.807, 2.05) is 0 Å². The van der Waals surface area contributed by atoms with Gasteiger partial charge in [0.1, 0.15) is 5.56 Å². The summed E-state index contributed by atoms with van der Waals surface area (Å²) in [7, 11) is 0. The van der Waals surface area contributed by atoms with E-state index in [9.17, 15) is 14.9 Å². The zero-order valence-electron chi connectivity index (χ0n) is 10.7. The van der Waals surface area contributed by atoms with Crippen LogP contribution in [0.1, 0.15) is 21.6 Å². The lowest BCUT2D eigenvalue weighted by Crippen LogP contribution is -2.15. The number of nitro benzene ring substituents is 1. The number of carbonyl (C=O) groups excluding carboxylic acids is 1. The topological polar surface area (TPSA) is 101 Å². The normalized spacial score (nSPS) is 10.3. The summed E-state index contributed by atoms with van der Waals surface area (Å²) in [6.45, 7) is 3.57. The summed E-state index contributed by atoms with van der Waals surface area (Å²) in [5, 5.41) is 20.1. The Morgan fingerprint density at radius 2 is 2.15 bits per heavy atom. The maximum Gasteiger partial charge on any atom is 0.283 e. The van der Waals surface area contributed by atoms with Crippen LogP contribution in [0.4, 0.5) is 11.5 Å². The van der Waals surface area contributed by atoms with E-state index < -0.39 is 10.8 Å². The molecule has 0 radical (unpaired) electrons. The molecule has 2 rings (SSSR count). The molecule has 0 unspecified atom stereocenters. The molecule has 1 heterocycles. The fourth-order valence-electron chi connectivity index (χ4n) is 1.67. The number of nitrogens with one attached hydrogen (secondary N) is 2. The van der Waals surface area contributed by atoms with Gasteiger partial charge in [0.05, 0.1) is 9.95 Å². The van der Waals surface area contributed by atoms with E-state index in [-0.39, 0.29) is 16.3 Å². The fourth-order valence-corrected chi connectivity index (χ4v) is 1.92. The number of nitrogens with zero attached hydrogens (tertiary/aromatic N) is 2. The third-order valence-electron chi connectivity index (χ3n) is 2.90. The first kappa shape index (κ1) is 14.0. The molecule has 0 atom stereocenters. The van der Waals surface area contributed by atoms with Crippen LogP contribution in [-0.4, -0.2) is 21.0 Å². The van der Waals surface area contributed by atoms with Crippen LogP contribution in [0, 0.1) is 24.0 Å². The van der Waals surface area contributed by atoms with Crippen LogP contribution < -0.4 is 5.32 Å². The van der Waals surface area contributed by atoms with Crippen molar-refractivity contribution in [3.05, 3.63) is 50.2 Å². The second-order valence-electron chi connectivity index (χ2n) is 4.17. The van der Waals surface area contributed by atoms with Gasteiger partial charge in [0, 0.05) is 17.3 Å². The Labute approximate surface area is 119 Å². The highest BCUT2D eigenvalue weighted by molar-refractivity contribution is 6.35. The number of nitro groups is 1. The molecule has 104 valence electrons. The van der Waals surface area contributed by atoms with Gasteiger partial charge in [0.15, 0.2) is 5.82 Å². The minimum Gasteiger partial charge on any atom is -0.305 e. The molecule has 0 aliphatic heterocycles. The standard InChI is InChI=1S/C12H11ClN4O3/c1-6-7(2)15-16-11(6)14-12(18)10-8(13)4-3-5-9(10)17(19)20/h3-5H,1-2H3,(H2,14,15,16,18). The van der Waals surface area contributed by atoms with Crippen LogP contribution in [0.25, 0.3) is 0 Å². The van der Waals surface area contributed by atoms with Gasteiger partial charge in [0.25, 0.3) is 11.6 Å². The summed E-state index contributed by atoms with van der Waals surface area (Å²) < 4.78 is 0. The molecule has 0 bridgehead atoms. The van der Waals surface area contributed by atoms with Crippen LogP contribution >= 0.6 is 11.6 Å². The van der Waals surface area contributed by atoms with Crippen LogP contribution in [0.3, 0.4) is 0 Å². The number of aromatic nitrogens is 2. The van der Waals surface area contributed by atoms with Crippen molar-refractivity contribution in [1.29, 1.82) is 0 Å². The van der Waals surface area contributed by atoms with Gasteiger partial charge in [-0.1, -0.05) is 17.7 Å². The average Bonchev–Trinajstić information content (AvgIpc) is 2.70. The Kier molecular flexibility index (Phi) is 3.71. The largest absolute Gasteiger partial charge is 0.305 e. The summed E-state index contributed by atoms with van der Waals surface area (Å²) in [5.74, 6) is -0.349. The third kappa shape index (κ3) is 2.48. The van der Waals surface area contributed by atoms with Gasteiger partial charge < -0.3 is 5.32 Å². The van der Waals surface area contributed by atoms with Gasteiger partial charge in [-0.15, -0.1) is 0 Å². The first-order valence-corrected chi connectivity index (χ1v) is 6.05. The molecule has 0 fully saturated rings. The predicted molar refractivity (Wildman–Crippen MR) is 74.1 cm³/mol. The molecule has 0 saturated heterocycles. The molecule has 7 nitrogen and oxygen atoms in total. The number of amides is 1. The molecule has 2 aromatic rings. The molecule has 20 heavy (non-hydrogen) atoms. The van der Waals surface area contributed by atoms with Crippen LogP contribution in [-0.2, 0) is 0 Å². The maximum atomic E-state index is 12.2. The highest BCUT2D eigenvalue weighted by atomic mass is 35.5. The zero-order valence-corrected chi connectivity index (χ0v) is 11.5. The van der Waals surface area contributed by atoms with Crippen molar-refractivity contribution in [3.63, 3.8) is 0 Å². The number of H-pyrrole nitrogens is 1. The number of anilines is 1. The second-order valence-corrected chi connectivity index (χ2v) is 4.57. The number of hydrogen-bond donors (Lipinski definition) is 2. The van der Waals surface area contributed by atoms with Gasteiger partial charge in [-0.05, 0) is 19.9 Å². The first-order chi connectivity index (χ1) is 9.41. The van der Waals surface area contributed by atoms with E-state index in [1.54, 1.807) is 13.8 Å². The molecule has 0 aliphatic rings. The Bertz CT molecular complexity index is 696. The molecule has 1 amide bonds. The average molecular weight is 295 g/mol. The van der Waals surface area contributed by atoms with E-state index in [1.165, 1.54) is 18.2 Å². The van der Waals surface area contributed by atoms with Crippen molar-refractivity contribution >= 4 is 29.0 Å². The molecule has 0 spiro atoms. The number of aryl methyl sites for hydroxylation is 1. The predicted octanol–water partition coefficient (Wildman–Crippen LogP) is 2.84. The quantitative estimate of drug-likeness (QED) is 0.671. The number of benzene rings is 1. The molecule has 1 aromatic carbocycles. The second kappa shape index (κ2) is 5.30. The van der Waals surface area contributed by atoms with Crippen molar-refractivity contribution in [2.24, 2.45) is 0 Å². The maximum absolute atomic E-state index is 12.2. The minimum atomic E-state index is -0.670. The lowest BCUT2D eigenvalue weighted by molar-refractivity contribution is -0.385. The molecular formula is C12H11ClN4O3. The third-order valence-corrected chi connectivity index (χ3v) is 3.22. The molecule has 0 aliphatic carbocycles. The fraction of sp³-hybridized carbons (Fsp3) is 0.167. The Balaban J connectivity index is 2.39. The summed E-state index contributed by atoms with van der Waals surface area (Å²) in [6, 6.07) is 4.07. The highest BCUT2D eigenvalue weighted by Gasteiger charge is 2.24. The molecule has 2 N–H and O–H groups in total. The van der Waals surface area contributed by atoms with Crippen LogP contribution in [0.2, 0.25) is 5.02 Å². The van der Waals surface area contributed by atoms with Crippen molar-refractivity contribution in [2.45, 2.75) is 13.8 Å². The summed E-state index contributed by atoms with van der Waals surface area (Å²) in [5.41, 5.74) is 1.03. The van der Waals surface area contributed by atoms with Crippen molar-refractivity contribution in [1.82, 2.24) is 10.2 Å². The van der Waals surface area contributed by atoms with Crippen molar-refractivity contribution in [2.75, 3.05) is 5.32 Å². The van der Waals surface area contributed by atoms with Gasteiger partial charge in [-0.25, -0.2) is 0 Å². The van der Waals surface area contributed by atoms with Gasteiger partial charge in [-0.3, -0.25) is 20.0 Å². The lowest BCUT2D eigenvalue weighted by atomic mass is 10.1. The summed E-state index contributed by atoms with van der Waals surface area (Å²) in [6.07, 6.45) is 0. The van der Waals surface area contributed by atoms with Gasteiger partial charge in [0.2, 0.25) is 0 Å². The first-order valence-electron chi connectivity index (χ1n) is 5.67. The number of halogens is 1. The lowest BCUT2D eigenvalue weighted by Gasteiger charge is -2.06. The number of carbonyl (C=O) groups is 1. The van der Waals surface area contributed by atoms with Crippen molar-refractivity contribution in [3.8, 4) is 0 Å². The number of hydrogen-bond acceptors (Lipinski definition) is 4. The van der Waals surface area contributed by atoms with Crippen LogP contribution in [0.15, 0.2) is 18.2 Å². The highest BCUT2D eigenvalue weighted by Crippen LogP contribution is 2.27. The van der Waals surface area contributed by atoms with Gasteiger partial charge >= 0.3 is 0 Å². The minimum absolute atomic E-state index is 0.0154. The van der Waals surface area contributed by atoms with E-state index in [0.29, 0.717) is 5.82 Å². The number of rotatable bonds is 3. The Morgan fingerprint density at radius 3 is 2.70 bits per heavy atom. The van der Waals surface area contributed by atoms with Gasteiger partial charge in [-0.2, -0.15) is 5.10 Å². The summed E-state index contributed by atoms with van der Waals surface area (Å²) >= 11 is 5.89. The monoisotopic (exact) mass is 294 g/mol. The molecular weight excluding hydrogens is 284 g/mol. The van der Waals surface area contributed by atoms with E-state index >= 15 is 0 Å². The smallest absolute Gasteiger partial charge is 0.283 e. The Hall–Kier alpha value is -2.41. The van der Waals surface area contributed by atoms with Crippen LogP contribution in [0.5, 0.6) is 0 Å². The van der Waals surface area contributed by atoms with Crippen molar-refractivity contribution < 1.29 is 9.72 Å². The molecule has 8 heteroatoms. The zero-order chi connectivity index (χ0) is 14.9. The van der Waals surface area contributed by atoms with E-state index in [4.69, 9.17) is 11.6 Å². The molecule has 1 aromatic heterocycles. The van der Waals surface area contributed by atoms with E-state index in [2.05, 4.69) is 15.5 Å². The Morgan fingerprint density at radius 1 is 1.45 bits per heavy atom. The molecule has 0 saturated carbocycles. The summed E-state index contributed by atoms with van der Waals surface area (Å²) in [4.78, 5) is 22.5. The number of aromatic amines is 1.